The van der Waals surface area contributed by atoms with E-state index in [1.807, 2.05) is 14.1 Å². The molecule has 86 valence electrons. The number of nitrogens with zero attached hydrogens (tertiary/aromatic N) is 1. The first-order valence-corrected chi connectivity index (χ1v) is 5.52. The van der Waals surface area contributed by atoms with Crippen molar-refractivity contribution in [2.75, 3.05) is 34.1 Å². The van der Waals surface area contributed by atoms with Gasteiger partial charge in [-0.3, -0.25) is 9.69 Å². The molecule has 0 rings (SSSR count). The molecule has 3 N–H and O–H groups in total. The van der Waals surface area contributed by atoms with Crippen LogP contribution in [0.5, 0.6) is 0 Å². The van der Waals surface area contributed by atoms with Crippen LogP contribution in [-0.4, -0.2) is 59.2 Å². The van der Waals surface area contributed by atoms with Gasteiger partial charge in [0.1, 0.15) is 0 Å². The summed E-state index contributed by atoms with van der Waals surface area (Å²) in [7, 11) is 5.80. The van der Waals surface area contributed by atoms with Crippen molar-refractivity contribution < 1.29 is 4.79 Å². The first kappa shape index (κ1) is 14.5. The Hall–Kier alpha value is -0.520. The molecule has 0 aliphatic heterocycles. The van der Waals surface area contributed by atoms with E-state index in [2.05, 4.69) is 27.7 Å². The molecule has 1 amide bonds. The van der Waals surface area contributed by atoms with Gasteiger partial charge in [-0.05, 0) is 20.4 Å². The Labute approximate surface area is 93.8 Å². The number of hydrogen-bond donors (Lipinski definition) is 3. The normalized spacial score (nSPS) is 10.1. The maximum absolute atomic E-state index is 11.3. The van der Waals surface area contributed by atoms with Crippen molar-refractivity contribution in [1.29, 1.82) is 0 Å². The highest BCUT2D eigenvalue weighted by Crippen LogP contribution is 1.82. The van der Waals surface area contributed by atoms with Gasteiger partial charge in [-0.1, -0.05) is 6.82 Å². The summed E-state index contributed by atoms with van der Waals surface area (Å²) < 4.78 is 0. The van der Waals surface area contributed by atoms with Crippen LogP contribution in [0, 0.1) is 0 Å². The first-order valence-electron chi connectivity index (χ1n) is 5.52. The molecule has 0 atom stereocenters. The molecular formula is C8H22B2N4O. The molecule has 0 fully saturated rings. The fourth-order valence-corrected chi connectivity index (χ4v) is 1.24. The second kappa shape index (κ2) is 10.0. The summed E-state index contributed by atoms with van der Waals surface area (Å²) in [4.78, 5) is 13.4. The molecule has 0 bridgehead atoms. The largest absolute Gasteiger partial charge is 0.344 e. The highest BCUT2D eigenvalue weighted by atomic mass is 16.1. The van der Waals surface area contributed by atoms with E-state index in [1.54, 1.807) is 0 Å². The number of amides is 1. The van der Waals surface area contributed by atoms with Crippen molar-refractivity contribution in [3.05, 3.63) is 0 Å². The molecule has 0 saturated carbocycles. The van der Waals surface area contributed by atoms with Crippen LogP contribution < -0.4 is 16.0 Å². The summed E-state index contributed by atoms with van der Waals surface area (Å²) in [5, 5.41) is 9.00. The lowest BCUT2D eigenvalue weighted by molar-refractivity contribution is -0.119. The summed E-state index contributed by atoms with van der Waals surface area (Å²) in [6.45, 7) is 4.19. The lowest BCUT2D eigenvalue weighted by Gasteiger charge is -2.21. The van der Waals surface area contributed by atoms with Gasteiger partial charge in [-0.15, -0.1) is 0 Å². The zero-order chi connectivity index (χ0) is 11.5. The van der Waals surface area contributed by atoms with Crippen LogP contribution in [0.3, 0.4) is 0 Å². The molecule has 0 heterocycles. The molecule has 0 aromatic heterocycles. The van der Waals surface area contributed by atoms with Crippen LogP contribution in [-0.2, 0) is 4.79 Å². The fourth-order valence-electron chi connectivity index (χ4n) is 1.24. The monoisotopic (exact) mass is 212 g/mol. The molecule has 0 saturated heterocycles. The van der Waals surface area contributed by atoms with E-state index in [9.17, 15) is 4.79 Å². The van der Waals surface area contributed by atoms with Crippen LogP contribution in [0.1, 0.15) is 0 Å². The van der Waals surface area contributed by atoms with Crippen LogP contribution in [0.4, 0.5) is 0 Å². The zero-order valence-corrected chi connectivity index (χ0v) is 10.1. The van der Waals surface area contributed by atoms with Crippen molar-refractivity contribution in [2.24, 2.45) is 0 Å². The molecule has 7 heteroatoms. The smallest absolute Gasteiger partial charge is 0.212 e. The Morgan fingerprint density at radius 2 is 1.80 bits per heavy atom. The van der Waals surface area contributed by atoms with Crippen molar-refractivity contribution in [1.82, 2.24) is 20.9 Å². The number of nitrogens with one attached hydrogen (secondary N) is 3. The lowest BCUT2D eigenvalue weighted by atomic mass is 9.39. The third-order valence-corrected chi connectivity index (χ3v) is 2.02. The van der Waals surface area contributed by atoms with Gasteiger partial charge in [-0.25, -0.2) is 0 Å². The van der Waals surface area contributed by atoms with Gasteiger partial charge in [0.2, 0.25) is 5.91 Å². The van der Waals surface area contributed by atoms with Crippen molar-refractivity contribution in [3.63, 3.8) is 0 Å². The maximum Gasteiger partial charge on any atom is 0.212 e. The molecule has 0 radical (unpaired) electrons. The van der Waals surface area contributed by atoms with E-state index >= 15 is 0 Å². The van der Waals surface area contributed by atoms with Gasteiger partial charge in [0.25, 0.3) is 0 Å². The van der Waals surface area contributed by atoms with E-state index in [1.165, 1.54) is 0 Å². The van der Waals surface area contributed by atoms with Gasteiger partial charge < -0.3 is 16.0 Å². The molecule has 0 aromatic rings. The predicted molar refractivity (Wildman–Crippen MR) is 67.7 cm³/mol. The average molecular weight is 212 g/mol. The molecule has 5 nitrogen and oxygen atoms in total. The average Bonchev–Trinajstić information content (AvgIpc) is 2.23. The van der Waals surface area contributed by atoms with E-state index in [-0.39, 0.29) is 5.91 Å². The second-order valence-electron chi connectivity index (χ2n) is 3.56. The third-order valence-electron chi connectivity index (χ3n) is 2.02. The van der Waals surface area contributed by atoms with Crippen LogP contribution in [0.2, 0.25) is 13.1 Å². The zero-order valence-electron chi connectivity index (χ0n) is 10.1. The van der Waals surface area contributed by atoms with Gasteiger partial charge in [-0.2, -0.15) is 0 Å². The highest BCUT2D eigenvalue weighted by molar-refractivity contribution is 7.01. The molecule has 0 aliphatic carbocycles. The summed E-state index contributed by atoms with van der Waals surface area (Å²) in [5.41, 5.74) is 0. The minimum atomic E-state index is 0.133. The fraction of sp³-hybridized carbons (Fsp3) is 0.875. The van der Waals surface area contributed by atoms with Crippen molar-refractivity contribution >= 4 is 20.2 Å². The Morgan fingerprint density at radius 3 is 2.27 bits per heavy atom. The first-order chi connectivity index (χ1) is 7.24. The SMILES string of the molecule is CBBCC(=O)NCN(CNC)CNC. The van der Waals surface area contributed by atoms with E-state index < -0.39 is 0 Å². The topological polar surface area (TPSA) is 56.4 Å². The second-order valence-corrected chi connectivity index (χ2v) is 3.56. The van der Waals surface area contributed by atoms with Gasteiger partial charge in [0.15, 0.2) is 0 Å². The molecule has 15 heavy (non-hydrogen) atoms. The lowest BCUT2D eigenvalue weighted by Crippen LogP contribution is -2.45. The summed E-state index contributed by atoms with van der Waals surface area (Å²) in [6, 6.07) is 0. The predicted octanol–water partition coefficient (Wildman–Crippen LogP) is -2.03. The van der Waals surface area contributed by atoms with E-state index in [4.69, 9.17) is 0 Å². The molecule has 0 unspecified atom stereocenters. The summed E-state index contributed by atoms with van der Waals surface area (Å²) in [5.74, 6) is 0.133. The van der Waals surface area contributed by atoms with Gasteiger partial charge in [0, 0.05) is 0 Å². The van der Waals surface area contributed by atoms with Crippen molar-refractivity contribution in [3.8, 4) is 0 Å². The maximum atomic E-state index is 11.3. The summed E-state index contributed by atoms with van der Waals surface area (Å²) >= 11 is 0. The molecule has 0 spiro atoms. The number of rotatable bonds is 9. The quantitative estimate of drug-likeness (QED) is 0.304. The Bertz CT molecular complexity index is 165. The number of carbonyl (C=O) groups excluding carboxylic acids is 1. The molecular weight excluding hydrogens is 190 g/mol. The Balaban J connectivity index is 3.62. The molecule has 0 aliphatic rings. The molecule has 0 aromatic carbocycles. The Morgan fingerprint density at radius 1 is 1.20 bits per heavy atom. The minimum Gasteiger partial charge on any atom is -0.344 e. The van der Waals surface area contributed by atoms with Crippen LogP contribution in [0.15, 0.2) is 0 Å². The van der Waals surface area contributed by atoms with Crippen molar-refractivity contribution in [2.45, 2.75) is 13.1 Å². The summed E-state index contributed by atoms with van der Waals surface area (Å²) in [6.07, 6.45) is 0.628. The van der Waals surface area contributed by atoms with Gasteiger partial charge in [0.05, 0.1) is 34.3 Å². The Kier molecular flexibility index (Phi) is 9.67. The van der Waals surface area contributed by atoms with Crippen LogP contribution in [0.25, 0.3) is 0 Å². The third kappa shape index (κ3) is 8.47. The number of hydrogen-bond acceptors (Lipinski definition) is 4. The highest BCUT2D eigenvalue weighted by Gasteiger charge is 2.05. The number of carbonyl (C=O) groups is 1. The standard InChI is InChI=1S/C8H22B2N4O/c1-9-10-4-8(15)13-7-14(5-11-2)6-12-3/h9-12H,4-7H2,1-3H3,(H,13,15). The van der Waals surface area contributed by atoms with E-state index in [0.29, 0.717) is 13.0 Å². The van der Waals surface area contributed by atoms with E-state index in [0.717, 1.165) is 27.7 Å². The minimum absolute atomic E-state index is 0.133. The van der Waals surface area contributed by atoms with Crippen LogP contribution >= 0.6 is 0 Å². The van der Waals surface area contributed by atoms with Gasteiger partial charge >= 0.3 is 0 Å².